The molecule has 0 unspecified atom stereocenters. The lowest BCUT2D eigenvalue weighted by molar-refractivity contribution is -0.146. The molecule has 1 aromatic heterocycles. The van der Waals surface area contributed by atoms with Gasteiger partial charge in [-0.05, 0) is 72.8 Å². The number of carbonyl (C=O) groups excluding carboxylic acids is 2. The number of aryl methyl sites for hydroxylation is 1. The number of aromatic nitrogens is 3. The third kappa shape index (κ3) is 6.45. The number of aliphatic hydroxyl groups is 1. The van der Waals surface area contributed by atoms with E-state index in [1.54, 1.807) is 7.11 Å². The quantitative estimate of drug-likeness (QED) is 0.188. The molecule has 0 radical (unpaired) electrons. The zero-order valence-electron chi connectivity index (χ0n) is 29.7. The van der Waals surface area contributed by atoms with Gasteiger partial charge in [0.05, 0.1) is 39.2 Å². The highest BCUT2D eigenvalue weighted by molar-refractivity contribution is 9.10. The summed E-state index contributed by atoms with van der Waals surface area (Å²) in [7, 11) is -0.643. The predicted molar refractivity (Wildman–Crippen MR) is 203 cm³/mol. The van der Waals surface area contributed by atoms with Gasteiger partial charge in [0.2, 0.25) is 5.91 Å². The second kappa shape index (κ2) is 14.3. The summed E-state index contributed by atoms with van der Waals surface area (Å²) in [5.74, 6) is 0.760. The Balaban J connectivity index is 1.26. The lowest BCUT2D eigenvalue weighted by Gasteiger charge is -2.37. The van der Waals surface area contributed by atoms with Gasteiger partial charge in [-0.25, -0.2) is 0 Å². The van der Waals surface area contributed by atoms with Crippen molar-refractivity contribution in [1.29, 1.82) is 0 Å². The van der Waals surface area contributed by atoms with E-state index < -0.39 is 13.7 Å². The van der Waals surface area contributed by atoms with E-state index in [0.717, 1.165) is 51.3 Å². The maximum Gasteiger partial charge on any atom is 0.264 e. The van der Waals surface area contributed by atoms with E-state index in [-0.39, 0.29) is 36.0 Å². The third-order valence-corrected chi connectivity index (χ3v) is 16.1. The molecule has 1 N–H and O–H groups in total. The van der Waals surface area contributed by atoms with Gasteiger partial charge < -0.3 is 24.4 Å². The summed E-state index contributed by atoms with van der Waals surface area (Å²) in [6.07, 6.45) is 5.22. The first-order valence-electron chi connectivity index (χ1n) is 17.9. The van der Waals surface area contributed by atoms with Crippen molar-refractivity contribution >= 4 is 52.4 Å². The van der Waals surface area contributed by atoms with Crippen LogP contribution in [0, 0.1) is 5.92 Å². The van der Waals surface area contributed by atoms with Gasteiger partial charge in [-0.1, -0.05) is 70.6 Å². The van der Waals surface area contributed by atoms with Crippen LogP contribution < -0.4 is 19.7 Å². The minimum Gasteiger partial charge on any atom is -0.497 e. The van der Waals surface area contributed by atoms with Crippen LogP contribution in [-0.2, 0) is 39.4 Å². The van der Waals surface area contributed by atoms with Gasteiger partial charge >= 0.3 is 0 Å². The number of halogens is 1. The van der Waals surface area contributed by atoms with Crippen molar-refractivity contribution in [2.45, 2.75) is 82.5 Å². The van der Waals surface area contributed by atoms with Crippen LogP contribution in [0.15, 0.2) is 77.4 Å². The number of benzene rings is 3. The molecule has 3 aliphatic heterocycles. The highest BCUT2D eigenvalue weighted by atomic mass is 79.9. The van der Waals surface area contributed by atoms with Gasteiger partial charge in [0.1, 0.15) is 5.75 Å². The molecule has 3 aliphatic rings. The largest absolute Gasteiger partial charge is 0.497 e. The lowest BCUT2D eigenvalue weighted by atomic mass is 9.82. The molecular weight excluding hydrogens is 726 g/mol. The molecule has 1 spiro atoms. The molecule has 12 heteroatoms. The lowest BCUT2D eigenvalue weighted by Crippen LogP contribution is -2.51. The molecule has 0 saturated carbocycles. The summed E-state index contributed by atoms with van der Waals surface area (Å²) in [5.41, 5.74) is 3.21. The van der Waals surface area contributed by atoms with E-state index in [1.807, 2.05) is 69.2 Å². The number of fused-ring (bicyclic) bond motifs is 2. The second-order valence-electron chi connectivity index (χ2n) is 14.6. The van der Waals surface area contributed by atoms with E-state index in [9.17, 15) is 9.90 Å². The molecule has 51 heavy (non-hydrogen) atoms. The van der Waals surface area contributed by atoms with E-state index in [4.69, 9.17) is 9.47 Å². The number of hydrogen-bond donors (Lipinski definition) is 1. The van der Waals surface area contributed by atoms with Crippen LogP contribution in [0.3, 0.4) is 0 Å². The Morgan fingerprint density at radius 2 is 1.88 bits per heavy atom. The average Bonchev–Trinajstić information content (AvgIpc) is 3.77. The van der Waals surface area contributed by atoms with Crippen LogP contribution in [0.4, 0.5) is 11.4 Å². The van der Waals surface area contributed by atoms with Gasteiger partial charge in [0.15, 0.2) is 5.60 Å². The molecule has 10 nitrogen and oxygen atoms in total. The fourth-order valence-electron chi connectivity index (χ4n) is 8.73. The zero-order chi connectivity index (χ0) is 35.9. The predicted octanol–water partition coefficient (Wildman–Crippen LogP) is 5.95. The van der Waals surface area contributed by atoms with Crippen LogP contribution in [0.5, 0.6) is 5.75 Å². The number of amides is 2. The van der Waals surface area contributed by atoms with Gasteiger partial charge in [-0.15, -0.1) is 5.10 Å². The first-order valence-corrected chi connectivity index (χ1v) is 21.8. The van der Waals surface area contributed by atoms with Gasteiger partial charge in [-0.2, -0.15) is 0 Å². The van der Waals surface area contributed by atoms with Crippen LogP contribution in [0.25, 0.3) is 0 Å². The smallest absolute Gasteiger partial charge is 0.264 e. The number of carbonyl (C=O) groups is 2. The molecule has 0 aliphatic carbocycles. The van der Waals surface area contributed by atoms with Crippen molar-refractivity contribution in [2.75, 3.05) is 30.1 Å². The van der Waals surface area contributed by atoms with Crippen molar-refractivity contribution in [3.05, 3.63) is 94.2 Å². The van der Waals surface area contributed by atoms with Gasteiger partial charge in [0, 0.05) is 60.4 Å². The number of hydrogen-bond acceptors (Lipinski definition) is 7. The maximum absolute atomic E-state index is 15.2. The first kappa shape index (κ1) is 35.6. The molecule has 0 bridgehead atoms. The summed E-state index contributed by atoms with van der Waals surface area (Å²) in [6, 6.07) is 22.5. The molecular formula is C39H46BrN5O5Si. The van der Waals surface area contributed by atoms with Crippen LogP contribution in [0.1, 0.15) is 49.4 Å². The Morgan fingerprint density at radius 3 is 2.63 bits per heavy atom. The van der Waals surface area contributed by atoms with Crippen molar-refractivity contribution in [3.8, 4) is 5.75 Å². The average molecular weight is 773 g/mol. The summed E-state index contributed by atoms with van der Waals surface area (Å²) in [5, 5.41) is 19.2. The molecule has 2 saturated heterocycles. The van der Waals surface area contributed by atoms with Crippen molar-refractivity contribution in [2.24, 2.45) is 5.92 Å². The fourth-order valence-corrected chi connectivity index (χ4v) is 13.2. The third-order valence-electron chi connectivity index (χ3n) is 11.3. The summed E-state index contributed by atoms with van der Waals surface area (Å²) in [4.78, 5) is 31.7. The highest BCUT2D eigenvalue weighted by Gasteiger charge is 2.66. The molecule has 2 amide bonds. The monoisotopic (exact) mass is 771 g/mol. The van der Waals surface area contributed by atoms with E-state index >= 15 is 4.79 Å². The van der Waals surface area contributed by atoms with Crippen molar-refractivity contribution in [3.63, 3.8) is 0 Å². The molecule has 4 heterocycles. The Bertz CT molecular complexity index is 1920. The number of methoxy groups -OCH3 is 1. The van der Waals surface area contributed by atoms with Gasteiger partial charge in [0.25, 0.3) is 5.91 Å². The fraction of sp³-hybridized carbons (Fsp3) is 0.436. The second-order valence-corrected chi connectivity index (χ2v) is 20.2. The van der Waals surface area contributed by atoms with Crippen molar-refractivity contribution < 1.29 is 24.2 Å². The summed E-state index contributed by atoms with van der Waals surface area (Å²) >= 11 is 3.72. The molecule has 4 aromatic rings. The van der Waals surface area contributed by atoms with Crippen molar-refractivity contribution in [1.82, 2.24) is 15.0 Å². The molecule has 7 rings (SSSR count). The minimum atomic E-state index is -2.32. The molecule has 4 atom stereocenters. The Kier molecular flexibility index (Phi) is 9.96. The zero-order valence-corrected chi connectivity index (χ0v) is 32.3. The number of piperidine rings is 1. The van der Waals surface area contributed by atoms with E-state index in [2.05, 4.69) is 64.5 Å². The molecule has 268 valence electrons. The van der Waals surface area contributed by atoms with E-state index in [0.29, 0.717) is 38.9 Å². The van der Waals surface area contributed by atoms with Crippen LogP contribution in [0.2, 0.25) is 18.6 Å². The minimum absolute atomic E-state index is 0.0163. The number of anilines is 2. The number of nitrogens with zero attached hydrogens (tertiary/aromatic N) is 5. The van der Waals surface area contributed by atoms with Crippen LogP contribution >= 0.6 is 15.9 Å². The topological polar surface area (TPSA) is 110 Å². The van der Waals surface area contributed by atoms with E-state index in [1.165, 1.54) is 5.19 Å². The SMILES string of the molecule is COc1ccc([Si](C)(C)[C@@H]2[C@@H](CCn3cc(CCO)nn3)O[C@]3(C(=O)N(Cc4cccc(N5CCCCC5=O)c4)c4ccc(Br)cc43)[C@H]2C)cc1. The first-order chi connectivity index (χ1) is 24.6. The summed E-state index contributed by atoms with van der Waals surface area (Å²) < 4.78 is 15.5. The van der Waals surface area contributed by atoms with Crippen LogP contribution in [-0.4, -0.2) is 66.4 Å². The Hall–Kier alpha value is -3.84. The molecule has 2 fully saturated rings. The maximum atomic E-state index is 15.2. The normalized spacial score (nSPS) is 23.4. The summed E-state index contributed by atoms with van der Waals surface area (Å²) in [6.45, 7) is 8.63. The van der Waals surface area contributed by atoms with Gasteiger partial charge in [-0.3, -0.25) is 14.3 Å². The highest BCUT2D eigenvalue weighted by Crippen LogP contribution is 2.60. The standard InChI is InChI=1S/C39H46BrN5O5Si/c1-26-37(51(3,4)32-14-12-31(49-2)13-15-32)35(17-20-43-25-29(18-21-46)41-42-43)50-39(26)33-23-28(40)11-16-34(33)45(38(39)48)24-27-8-7-9-30(22-27)44-19-6-5-10-36(44)47/h7-9,11-16,22-23,25-26,35,37,46H,5-6,10,17-21,24H2,1-4H3/t26-,35+,37-,39+/m0/s1. The number of aliphatic hydroxyl groups excluding tert-OH is 1. The number of ether oxygens (including phenoxy) is 2. The number of rotatable bonds is 11. The molecule has 3 aromatic carbocycles. The Labute approximate surface area is 308 Å². The Morgan fingerprint density at radius 1 is 1.08 bits per heavy atom.